The molecule has 0 spiro atoms. The molecule has 1 aliphatic heterocycles. The van der Waals surface area contributed by atoms with Crippen LogP contribution in [0.15, 0.2) is 36.1 Å². The van der Waals surface area contributed by atoms with Crippen LogP contribution in [0.25, 0.3) is 6.08 Å². The molecule has 6 heteroatoms. The lowest BCUT2D eigenvalue weighted by atomic mass is 9.91. The second-order valence-corrected chi connectivity index (χ2v) is 5.65. The summed E-state index contributed by atoms with van der Waals surface area (Å²) in [5, 5.41) is 0. The van der Waals surface area contributed by atoms with E-state index >= 15 is 0 Å². The van der Waals surface area contributed by atoms with Crippen molar-refractivity contribution in [2.45, 2.75) is 12.0 Å². The lowest BCUT2D eigenvalue weighted by Crippen LogP contribution is -2.23. The van der Waals surface area contributed by atoms with Crippen LogP contribution in [-0.2, 0) is 9.53 Å². The number of hydrogen-bond donors (Lipinski definition) is 2. The fourth-order valence-corrected chi connectivity index (χ4v) is 3.43. The van der Waals surface area contributed by atoms with E-state index in [0.29, 0.717) is 10.5 Å². The zero-order chi connectivity index (χ0) is 14.3. The van der Waals surface area contributed by atoms with Gasteiger partial charge in [-0.15, -0.1) is 11.3 Å². The van der Waals surface area contributed by atoms with Gasteiger partial charge in [-0.25, -0.2) is 0 Å². The fraction of sp³-hybridized carbons (Fsp3) is 0.143. The normalized spacial score (nSPS) is 23.1. The minimum atomic E-state index is -0.485. The van der Waals surface area contributed by atoms with Crippen LogP contribution < -0.4 is 11.5 Å². The Hall–Kier alpha value is -2.34. The summed E-state index contributed by atoms with van der Waals surface area (Å²) >= 11 is 1.35. The van der Waals surface area contributed by atoms with Crippen LogP contribution in [0.2, 0.25) is 0 Å². The SMILES string of the molecule is NC(=O)C1=CC2OC=Cc3cc(C(N)=O)sc3C2C=C1. The van der Waals surface area contributed by atoms with Crippen molar-refractivity contribution in [2.24, 2.45) is 11.5 Å². The number of hydrogen-bond acceptors (Lipinski definition) is 4. The van der Waals surface area contributed by atoms with E-state index < -0.39 is 11.8 Å². The van der Waals surface area contributed by atoms with Gasteiger partial charge in [0.15, 0.2) is 0 Å². The molecule has 0 saturated heterocycles. The highest BCUT2D eigenvalue weighted by atomic mass is 32.1. The maximum Gasteiger partial charge on any atom is 0.258 e. The van der Waals surface area contributed by atoms with Gasteiger partial charge in [0.1, 0.15) is 6.10 Å². The van der Waals surface area contributed by atoms with Crippen molar-refractivity contribution in [2.75, 3.05) is 0 Å². The second-order valence-electron chi connectivity index (χ2n) is 4.57. The average molecular weight is 288 g/mol. The van der Waals surface area contributed by atoms with Crippen LogP contribution in [0.5, 0.6) is 0 Å². The molecule has 1 aromatic heterocycles. The van der Waals surface area contributed by atoms with Gasteiger partial charge in [0.2, 0.25) is 5.91 Å². The Kier molecular flexibility index (Phi) is 2.94. The lowest BCUT2D eigenvalue weighted by molar-refractivity contribution is -0.114. The number of thiophene rings is 1. The van der Waals surface area contributed by atoms with Gasteiger partial charge in [0.25, 0.3) is 5.91 Å². The number of carbonyl (C=O) groups is 2. The van der Waals surface area contributed by atoms with Crippen molar-refractivity contribution in [1.29, 1.82) is 0 Å². The first-order valence-electron chi connectivity index (χ1n) is 6.01. The molecule has 3 rings (SSSR count). The van der Waals surface area contributed by atoms with E-state index in [2.05, 4.69) is 0 Å². The summed E-state index contributed by atoms with van der Waals surface area (Å²) in [6, 6.07) is 1.76. The van der Waals surface area contributed by atoms with E-state index in [4.69, 9.17) is 16.2 Å². The number of ether oxygens (including phenoxy) is 1. The van der Waals surface area contributed by atoms with E-state index in [1.807, 2.05) is 6.08 Å². The summed E-state index contributed by atoms with van der Waals surface area (Å²) in [5.74, 6) is -0.982. The van der Waals surface area contributed by atoms with E-state index in [1.54, 1.807) is 30.6 Å². The van der Waals surface area contributed by atoms with Crippen molar-refractivity contribution in [3.05, 3.63) is 51.4 Å². The quantitative estimate of drug-likeness (QED) is 0.858. The van der Waals surface area contributed by atoms with Gasteiger partial charge in [-0.1, -0.05) is 12.2 Å². The summed E-state index contributed by atoms with van der Waals surface area (Å²) in [7, 11) is 0. The molecule has 0 radical (unpaired) electrons. The predicted molar refractivity (Wildman–Crippen MR) is 75.9 cm³/mol. The minimum absolute atomic E-state index is 0.0544. The smallest absolute Gasteiger partial charge is 0.258 e. The van der Waals surface area contributed by atoms with E-state index in [1.165, 1.54) is 11.3 Å². The van der Waals surface area contributed by atoms with Crippen LogP contribution in [0.3, 0.4) is 0 Å². The number of amides is 2. The van der Waals surface area contributed by atoms with Crippen molar-refractivity contribution < 1.29 is 14.3 Å². The largest absolute Gasteiger partial charge is 0.493 e. The number of primary amides is 2. The first kappa shape index (κ1) is 12.7. The third-order valence-corrected chi connectivity index (χ3v) is 4.55. The fourth-order valence-electron chi connectivity index (χ4n) is 2.31. The zero-order valence-electron chi connectivity index (χ0n) is 10.4. The highest BCUT2D eigenvalue weighted by Crippen LogP contribution is 2.39. The van der Waals surface area contributed by atoms with Crippen molar-refractivity contribution in [3.63, 3.8) is 0 Å². The Morgan fingerprint density at radius 3 is 2.70 bits per heavy atom. The number of nitrogens with two attached hydrogens (primary N) is 2. The Morgan fingerprint density at radius 2 is 2.00 bits per heavy atom. The Balaban J connectivity index is 2.04. The van der Waals surface area contributed by atoms with Crippen LogP contribution in [-0.4, -0.2) is 17.9 Å². The van der Waals surface area contributed by atoms with E-state index in [-0.39, 0.29) is 12.0 Å². The molecule has 102 valence electrons. The molecule has 0 bridgehead atoms. The zero-order valence-corrected chi connectivity index (χ0v) is 11.2. The highest BCUT2D eigenvalue weighted by molar-refractivity contribution is 7.14. The Labute approximate surface area is 119 Å². The first-order chi connectivity index (χ1) is 9.56. The second kappa shape index (κ2) is 4.64. The van der Waals surface area contributed by atoms with Gasteiger partial charge >= 0.3 is 0 Å². The molecule has 0 saturated carbocycles. The molecule has 2 unspecified atom stereocenters. The van der Waals surface area contributed by atoms with Crippen LogP contribution in [0.1, 0.15) is 26.0 Å². The van der Waals surface area contributed by atoms with Gasteiger partial charge in [0.05, 0.1) is 17.1 Å². The third-order valence-electron chi connectivity index (χ3n) is 3.29. The minimum Gasteiger partial charge on any atom is -0.493 e. The molecular formula is C14H12N2O3S. The molecule has 5 nitrogen and oxygen atoms in total. The molecular weight excluding hydrogens is 276 g/mol. The van der Waals surface area contributed by atoms with Crippen molar-refractivity contribution in [3.8, 4) is 0 Å². The van der Waals surface area contributed by atoms with Crippen molar-refractivity contribution in [1.82, 2.24) is 0 Å². The molecule has 4 N–H and O–H groups in total. The van der Waals surface area contributed by atoms with Crippen molar-refractivity contribution >= 4 is 29.2 Å². The number of rotatable bonds is 2. The molecule has 0 fully saturated rings. The maximum absolute atomic E-state index is 11.3. The van der Waals surface area contributed by atoms with Gasteiger partial charge in [0, 0.05) is 10.5 Å². The summed E-state index contributed by atoms with van der Waals surface area (Å²) < 4.78 is 5.60. The maximum atomic E-state index is 11.3. The van der Waals surface area contributed by atoms with E-state index in [0.717, 1.165) is 10.4 Å². The predicted octanol–water partition coefficient (Wildman–Crippen LogP) is 1.28. The standard InChI is InChI=1S/C14H12N2O3S/c15-13(17)8-1-2-9-10(5-8)19-4-3-7-6-11(14(16)18)20-12(7)9/h1-6,9-10H,(H2,15,17)(H2,16,18). The molecule has 2 heterocycles. The molecule has 2 amide bonds. The molecule has 2 aliphatic rings. The average Bonchev–Trinajstić information content (AvgIpc) is 2.76. The molecule has 20 heavy (non-hydrogen) atoms. The van der Waals surface area contributed by atoms with Crippen LogP contribution >= 0.6 is 11.3 Å². The van der Waals surface area contributed by atoms with E-state index in [9.17, 15) is 9.59 Å². The Bertz CT molecular complexity index is 685. The lowest BCUT2D eigenvalue weighted by Gasteiger charge is -2.23. The van der Waals surface area contributed by atoms with Crippen LogP contribution in [0, 0.1) is 0 Å². The molecule has 2 atom stereocenters. The summed E-state index contributed by atoms with van der Waals surface area (Å²) in [4.78, 5) is 24.0. The van der Waals surface area contributed by atoms with Gasteiger partial charge < -0.3 is 16.2 Å². The van der Waals surface area contributed by atoms with Gasteiger partial charge in [-0.3, -0.25) is 9.59 Å². The monoisotopic (exact) mass is 288 g/mol. The summed E-state index contributed by atoms with van der Waals surface area (Å²) in [6.07, 6.45) is 8.32. The topological polar surface area (TPSA) is 95.4 Å². The highest BCUT2D eigenvalue weighted by Gasteiger charge is 2.30. The number of carbonyl (C=O) groups excluding carboxylic acids is 2. The van der Waals surface area contributed by atoms with Gasteiger partial charge in [-0.05, 0) is 23.8 Å². The number of fused-ring (bicyclic) bond motifs is 3. The molecule has 0 aromatic carbocycles. The molecule has 1 aromatic rings. The first-order valence-corrected chi connectivity index (χ1v) is 6.83. The Morgan fingerprint density at radius 1 is 1.20 bits per heavy atom. The third kappa shape index (κ3) is 2.04. The summed E-state index contributed by atoms with van der Waals surface area (Å²) in [5.41, 5.74) is 11.9. The molecule has 1 aliphatic carbocycles. The van der Waals surface area contributed by atoms with Crippen LogP contribution in [0.4, 0.5) is 0 Å². The summed E-state index contributed by atoms with van der Waals surface area (Å²) in [6.45, 7) is 0. The van der Waals surface area contributed by atoms with Gasteiger partial charge in [-0.2, -0.15) is 0 Å².